The van der Waals surface area contributed by atoms with E-state index in [1.165, 1.54) is 41.5 Å². The van der Waals surface area contributed by atoms with Gasteiger partial charge in [0.15, 0.2) is 0 Å². The van der Waals surface area contributed by atoms with Gasteiger partial charge in [-0.25, -0.2) is 0 Å². The SMILES string of the molecule is CC/C(=C\c1ccc(OC)c2c1CCCC2)CN1CCOCC1. The van der Waals surface area contributed by atoms with E-state index in [1.54, 1.807) is 7.11 Å². The molecule has 0 N–H and O–H groups in total. The zero-order valence-electron chi connectivity index (χ0n) is 14.6. The van der Waals surface area contributed by atoms with Gasteiger partial charge in [0, 0.05) is 19.6 Å². The third-order valence-electron chi connectivity index (χ3n) is 5.09. The number of hydrogen-bond acceptors (Lipinski definition) is 3. The van der Waals surface area contributed by atoms with Crippen molar-refractivity contribution >= 4 is 6.08 Å². The molecule has 23 heavy (non-hydrogen) atoms. The van der Waals surface area contributed by atoms with E-state index in [-0.39, 0.29) is 0 Å². The van der Waals surface area contributed by atoms with Crippen LogP contribution in [-0.2, 0) is 17.6 Å². The van der Waals surface area contributed by atoms with Crippen LogP contribution in [0.25, 0.3) is 6.08 Å². The summed E-state index contributed by atoms with van der Waals surface area (Å²) in [6, 6.07) is 4.40. The molecule has 0 atom stereocenters. The molecule has 3 heteroatoms. The van der Waals surface area contributed by atoms with E-state index in [9.17, 15) is 0 Å². The van der Waals surface area contributed by atoms with Gasteiger partial charge < -0.3 is 9.47 Å². The average molecular weight is 315 g/mol. The second-order valence-corrected chi connectivity index (χ2v) is 6.57. The molecular formula is C20H29NO2. The molecule has 1 aliphatic carbocycles. The molecule has 1 saturated heterocycles. The Morgan fingerprint density at radius 1 is 1.17 bits per heavy atom. The van der Waals surface area contributed by atoms with Gasteiger partial charge in [-0.05, 0) is 54.9 Å². The van der Waals surface area contributed by atoms with Gasteiger partial charge in [0.25, 0.3) is 0 Å². The van der Waals surface area contributed by atoms with E-state index in [1.807, 2.05) is 0 Å². The van der Waals surface area contributed by atoms with Crippen LogP contribution >= 0.6 is 0 Å². The van der Waals surface area contributed by atoms with Gasteiger partial charge >= 0.3 is 0 Å². The van der Waals surface area contributed by atoms with Crippen molar-refractivity contribution in [1.82, 2.24) is 4.90 Å². The van der Waals surface area contributed by atoms with Crippen molar-refractivity contribution in [3.8, 4) is 5.75 Å². The minimum Gasteiger partial charge on any atom is -0.496 e. The summed E-state index contributed by atoms with van der Waals surface area (Å²) >= 11 is 0. The Labute approximate surface area is 140 Å². The van der Waals surface area contributed by atoms with Crippen molar-refractivity contribution in [3.05, 3.63) is 34.4 Å². The molecule has 1 aliphatic heterocycles. The van der Waals surface area contributed by atoms with Crippen molar-refractivity contribution in [2.75, 3.05) is 40.0 Å². The lowest BCUT2D eigenvalue weighted by Gasteiger charge is -2.27. The molecule has 0 saturated carbocycles. The molecule has 126 valence electrons. The number of morpholine rings is 1. The highest BCUT2D eigenvalue weighted by Gasteiger charge is 2.17. The number of ether oxygens (including phenoxy) is 2. The highest BCUT2D eigenvalue weighted by molar-refractivity contribution is 5.62. The van der Waals surface area contributed by atoms with Crippen molar-refractivity contribution < 1.29 is 9.47 Å². The molecule has 3 rings (SSSR count). The largest absolute Gasteiger partial charge is 0.496 e. The summed E-state index contributed by atoms with van der Waals surface area (Å²) in [7, 11) is 1.79. The predicted octanol–water partition coefficient (Wildman–Crippen LogP) is 3.70. The van der Waals surface area contributed by atoms with Crippen molar-refractivity contribution in [1.29, 1.82) is 0 Å². The summed E-state index contributed by atoms with van der Waals surface area (Å²) in [5.41, 5.74) is 5.88. The van der Waals surface area contributed by atoms with Crippen molar-refractivity contribution in [3.63, 3.8) is 0 Å². The third-order valence-corrected chi connectivity index (χ3v) is 5.09. The first-order valence-electron chi connectivity index (χ1n) is 9.00. The molecule has 0 aromatic heterocycles. The van der Waals surface area contributed by atoms with Gasteiger partial charge in [0.2, 0.25) is 0 Å². The Balaban J connectivity index is 1.84. The maximum absolute atomic E-state index is 5.58. The predicted molar refractivity (Wildman–Crippen MR) is 95.2 cm³/mol. The number of hydrogen-bond donors (Lipinski definition) is 0. The van der Waals surface area contributed by atoms with E-state index < -0.39 is 0 Å². The number of benzene rings is 1. The summed E-state index contributed by atoms with van der Waals surface area (Å²) in [5.74, 6) is 1.07. The summed E-state index contributed by atoms with van der Waals surface area (Å²) < 4.78 is 11.0. The fourth-order valence-corrected chi connectivity index (χ4v) is 3.71. The van der Waals surface area contributed by atoms with Gasteiger partial charge in [0.05, 0.1) is 20.3 Å². The highest BCUT2D eigenvalue weighted by Crippen LogP contribution is 2.33. The van der Waals surface area contributed by atoms with Crippen LogP contribution in [0.5, 0.6) is 5.75 Å². The second kappa shape index (κ2) is 7.98. The molecule has 3 nitrogen and oxygen atoms in total. The quantitative estimate of drug-likeness (QED) is 0.827. The van der Waals surface area contributed by atoms with Gasteiger partial charge in [-0.15, -0.1) is 0 Å². The first-order chi connectivity index (χ1) is 11.3. The molecule has 0 spiro atoms. The first kappa shape index (κ1) is 16.5. The van der Waals surface area contributed by atoms with E-state index in [2.05, 4.69) is 30.0 Å². The summed E-state index contributed by atoms with van der Waals surface area (Å²) in [4.78, 5) is 2.51. The van der Waals surface area contributed by atoms with E-state index in [0.29, 0.717) is 0 Å². The smallest absolute Gasteiger partial charge is 0.122 e. The van der Waals surface area contributed by atoms with Crippen molar-refractivity contribution in [2.45, 2.75) is 39.0 Å². The van der Waals surface area contributed by atoms with E-state index in [4.69, 9.17) is 9.47 Å². The monoisotopic (exact) mass is 315 g/mol. The Morgan fingerprint density at radius 2 is 1.91 bits per heavy atom. The zero-order chi connectivity index (χ0) is 16.1. The normalized spacial score (nSPS) is 19.5. The zero-order valence-corrected chi connectivity index (χ0v) is 14.6. The Kier molecular flexibility index (Phi) is 5.74. The molecule has 1 fully saturated rings. The fraction of sp³-hybridized carbons (Fsp3) is 0.600. The van der Waals surface area contributed by atoms with Crippen molar-refractivity contribution in [2.24, 2.45) is 0 Å². The molecule has 0 radical (unpaired) electrons. The molecule has 0 unspecified atom stereocenters. The number of methoxy groups -OCH3 is 1. The van der Waals surface area contributed by atoms with E-state index >= 15 is 0 Å². The van der Waals surface area contributed by atoms with Crippen LogP contribution in [0.3, 0.4) is 0 Å². The lowest BCUT2D eigenvalue weighted by Crippen LogP contribution is -2.37. The van der Waals surface area contributed by atoms with Crippen LogP contribution in [0.2, 0.25) is 0 Å². The van der Waals surface area contributed by atoms with Crippen LogP contribution in [0.4, 0.5) is 0 Å². The summed E-state index contributed by atoms with van der Waals surface area (Å²) in [6.07, 6.45) is 8.46. The minimum absolute atomic E-state index is 0.870. The maximum atomic E-state index is 5.58. The van der Waals surface area contributed by atoms with E-state index in [0.717, 1.165) is 51.4 Å². The molecule has 1 heterocycles. The van der Waals surface area contributed by atoms with Crippen LogP contribution < -0.4 is 4.74 Å². The molecule has 0 bridgehead atoms. The topological polar surface area (TPSA) is 21.7 Å². The summed E-state index contributed by atoms with van der Waals surface area (Å²) in [6.45, 7) is 7.18. The van der Waals surface area contributed by atoms with Gasteiger partial charge in [-0.2, -0.15) is 0 Å². The van der Waals surface area contributed by atoms with Gasteiger partial charge in [0.1, 0.15) is 5.75 Å². The molecule has 2 aliphatic rings. The molecule has 0 amide bonds. The standard InChI is InChI=1S/C20H29NO2/c1-3-16(15-21-10-12-23-13-11-21)14-17-8-9-20(22-2)19-7-5-4-6-18(17)19/h8-9,14H,3-7,10-13,15H2,1-2H3/b16-14+. The van der Waals surface area contributed by atoms with Crippen LogP contribution in [0.1, 0.15) is 42.9 Å². The second-order valence-electron chi connectivity index (χ2n) is 6.57. The average Bonchev–Trinajstić information content (AvgIpc) is 2.62. The van der Waals surface area contributed by atoms with Gasteiger partial charge in [-0.1, -0.05) is 24.6 Å². The third kappa shape index (κ3) is 3.96. The minimum atomic E-state index is 0.870. The number of rotatable bonds is 5. The highest BCUT2D eigenvalue weighted by atomic mass is 16.5. The molecule has 1 aromatic rings. The Hall–Kier alpha value is -1.32. The van der Waals surface area contributed by atoms with Gasteiger partial charge in [-0.3, -0.25) is 4.90 Å². The molecular weight excluding hydrogens is 286 g/mol. The first-order valence-corrected chi connectivity index (χ1v) is 9.00. The fourth-order valence-electron chi connectivity index (χ4n) is 3.71. The van der Waals surface area contributed by atoms with Crippen LogP contribution in [-0.4, -0.2) is 44.9 Å². The Morgan fingerprint density at radius 3 is 2.61 bits per heavy atom. The molecule has 1 aromatic carbocycles. The number of nitrogens with zero attached hydrogens (tertiary/aromatic N) is 1. The lowest BCUT2D eigenvalue weighted by atomic mass is 9.86. The van der Waals surface area contributed by atoms with Crippen LogP contribution in [0, 0.1) is 0 Å². The maximum Gasteiger partial charge on any atom is 0.122 e. The number of fused-ring (bicyclic) bond motifs is 1. The lowest BCUT2D eigenvalue weighted by molar-refractivity contribution is 0.0421. The van der Waals surface area contributed by atoms with Crippen LogP contribution in [0.15, 0.2) is 17.7 Å². The Bertz CT molecular complexity index is 559. The summed E-state index contributed by atoms with van der Waals surface area (Å²) in [5, 5.41) is 0.